The Labute approximate surface area is 97.8 Å². The van der Waals surface area contributed by atoms with E-state index in [4.69, 9.17) is 0 Å². The minimum absolute atomic E-state index is 0.122. The molecule has 0 aromatic carbocycles. The molecule has 0 radical (unpaired) electrons. The fourth-order valence-corrected chi connectivity index (χ4v) is 3.14. The van der Waals surface area contributed by atoms with Crippen LogP contribution >= 0.6 is 0 Å². The van der Waals surface area contributed by atoms with Crippen LogP contribution in [0.15, 0.2) is 0 Å². The molecule has 2 aliphatic carbocycles. The third-order valence-corrected chi connectivity index (χ3v) is 4.10. The van der Waals surface area contributed by atoms with E-state index in [0.717, 1.165) is 25.8 Å². The van der Waals surface area contributed by atoms with Gasteiger partial charge in [0.1, 0.15) is 0 Å². The van der Waals surface area contributed by atoms with Crippen LogP contribution in [0.5, 0.6) is 0 Å². The Kier molecular flexibility index (Phi) is 3.85. The maximum Gasteiger partial charge on any atom is 0.308 e. The molecule has 2 fully saturated rings. The van der Waals surface area contributed by atoms with Gasteiger partial charge in [0.15, 0.2) is 0 Å². The summed E-state index contributed by atoms with van der Waals surface area (Å²) < 4.78 is 0. The maximum atomic E-state index is 11.4. The smallest absolute Gasteiger partial charge is 0.308 e. The van der Waals surface area contributed by atoms with Crippen molar-refractivity contribution in [1.29, 1.82) is 0 Å². The van der Waals surface area contributed by atoms with E-state index in [0.29, 0.717) is 12.1 Å². The lowest BCUT2D eigenvalue weighted by Gasteiger charge is -2.33. The highest BCUT2D eigenvalue weighted by Crippen LogP contribution is 2.35. The van der Waals surface area contributed by atoms with Gasteiger partial charge >= 0.3 is 5.97 Å². The lowest BCUT2D eigenvalue weighted by atomic mass is 9.93. The molecule has 2 aliphatic rings. The fraction of sp³-hybridized carbons (Fsp3) is 0.923. The Morgan fingerprint density at radius 1 is 1.19 bits per heavy atom. The van der Waals surface area contributed by atoms with Crippen molar-refractivity contribution in [2.24, 2.45) is 5.92 Å². The third-order valence-electron chi connectivity index (χ3n) is 4.10. The molecule has 0 amide bonds. The summed E-state index contributed by atoms with van der Waals surface area (Å²) >= 11 is 0. The quantitative estimate of drug-likeness (QED) is 0.747. The summed E-state index contributed by atoms with van der Waals surface area (Å²) in [7, 11) is 0. The summed E-state index contributed by atoms with van der Waals surface area (Å²) in [5.74, 6) is -0.700. The topological polar surface area (TPSA) is 40.5 Å². The van der Waals surface area contributed by atoms with Gasteiger partial charge in [-0.3, -0.25) is 9.69 Å². The number of rotatable bonds is 4. The van der Waals surface area contributed by atoms with Crippen molar-refractivity contribution >= 4 is 5.97 Å². The summed E-state index contributed by atoms with van der Waals surface area (Å²) in [5.41, 5.74) is 0. The first-order valence-electron chi connectivity index (χ1n) is 6.72. The van der Waals surface area contributed by atoms with Crippen LogP contribution < -0.4 is 0 Å². The Balaban J connectivity index is 2.08. The van der Waals surface area contributed by atoms with Gasteiger partial charge in [0, 0.05) is 12.1 Å². The number of hydrogen-bond acceptors (Lipinski definition) is 2. The van der Waals surface area contributed by atoms with Crippen molar-refractivity contribution < 1.29 is 9.90 Å². The summed E-state index contributed by atoms with van der Waals surface area (Å²) in [4.78, 5) is 13.8. The van der Waals surface area contributed by atoms with E-state index in [2.05, 4.69) is 11.8 Å². The highest BCUT2D eigenvalue weighted by molar-refractivity contribution is 5.71. The van der Waals surface area contributed by atoms with E-state index >= 15 is 0 Å². The second-order valence-corrected chi connectivity index (χ2v) is 5.21. The predicted octanol–water partition coefficient (Wildman–Crippen LogP) is 2.50. The van der Waals surface area contributed by atoms with E-state index in [1.807, 2.05) is 0 Å². The van der Waals surface area contributed by atoms with E-state index < -0.39 is 5.97 Å². The van der Waals surface area contributed by atoms with Gasteiger partial charge in [-0.05, 0) is 32.2 Å². The first kappa shape index (κ1) is 11.9. The zero-order valence-corrected chi connectivity index (χ0v) is 10.2. The van der Waals surface area contributed by atoms with Crippen LogP contribution in [0.3, 0.4) is 0 Å². The number of carbonyl (C=O) groups is 1. The number of carboxylic acid groups (broad SMARTS) is 1. The first-order chi connectivity index (χ1) is 7.74. The molecule has 2 rings (SSSR count). The monoisotopic (exact) mass is 225 g/mol. The van der Waals surface area contributed by atoms with Gasteiger partial charge in [0.2, 0.25) is 0 Å². The fourth-order valence-electron chi connectivity index (χ4n) is 3.14. The number of carboxylic acids is 1. The molecule has 2 unspecified atom stereocenters. The molecule has 2 atom stereocenters. The average Bonchev–Trinajstić information content (AvgIpc) is 3.04. The largest absolute Gasteiger partial charge is 0.481 e. The summed E-state index contributed by atoms with van der Waals surface area (Å²) in [5, 5.41) is 9.35. The minimum Gasteiger partial charge on any atom is -0.481 e. The molecule has 2 saturated carbocycles. The average molecular weight is 225 g/mol. The Morgan fingerprint density at radius 2 is 1.88 bits per heavy atom. The molecular weight excluding hydrogens is 202 g/mol. The van der Waals surface area contributed by atoms with Crippen molar-refractivity contribution in [2.45, 2.75) is 64.0 Å². The van der Waals surface area contributed by atoms with Gasteiger partial charge in [0.25, 0.3) is 0 Å². The van der Waals surface area contributed by atoms with Gasteiger partial charge in [0.05, 0.1) is 5.92 Å². The maximum absolute atomic E-state index is 11.4. The SMILES string of the molecule is CCN(C1CC1)C1CCCCCC1C(=O)O. The second kappa shape index (κ2) is 5.17. The molecule has 16 heavy (non-hydrogen) atoms. The van der Waals surface area contributed by atoms with Gasteiger partial charge < -0.3 is 5.11 Å². The van der Waals surface area contributed by atoms with Gasteiger partial charge in [-0.25, -0.2) is 0 Å². The molecule has 0 spiro atoms. The van der Waals surface area contributed by atoms with Crippen molar-refractivity contribution in [3.8, 4) is 0 Å². The van der Waals surface area contributed by atoms with E-state index in [1.54, 1.807) is 0 Å². The predicted molar refractivity (Wildman–Crippen MR) is 63.4 cm³/mol. The van der Waals surface area contributed by atoms with Crippen LogP contribution in [-0.2, 0) is 4.79 Å². The summed E-state index contributed by atoms with van der Waals surface area (Å²) in [6, 6.07) is 0.993. The lowest BCUT2D eigenvalue weighted by molar-refractivity contribution is -0.144. The Morgan fingerprint density at radius 3 is 2.44 bits per heavy atom. The number of nitrogens with zero attached hydrogens (tertiary/aromatic N) is 1. The van der Waals surface area contributed by atoms with Crippen molar-refractivity contribution in [3.05, 3.63) is 0 Å². The van der Waals surface area contributed by atoms with E-state index in [-0.39, 0.29) is 5.92 Å². The molecular formula is C13H23NO2. The lowest BCUT2D eigenvalue weighted by Crippen LogP contribution is -2.44. The molecule has 0 aromatic rings. The molecule has 0 heterocycles. The van der Waals surface area contributed by atoms with Crippen molar-refractivity contribution in [2.75, 3.05) is 6.54 Å². The van der Waals surface area contributed by atoms with E-state index in [9.17, 15) is 9.90 Å². The molecule has 3 heteroatoms. The molecule has 0 saturated heterocycles. The molecule has 0 aromatic heterocycles. The molecule has 0 bridgehead atoms. The van der Waals surface area contributed by atoms with Gasteiger partial charge in [-0.2, -0.15) is 0 Å². The van der Waals surface area contributed by atoms with Gasteiger partial charge in [-0.1, -0.05) is 26.2 Å². The van der Waals surface area contributed by atoms with Crippen LogP contribution in [0.4, 0.5) is 0 Å². The van der Waals surface area contributed by atoms with Crippen molar-refractivity contribution in [1.82, 2.24) is 4.90 Å². The number of aliphatic carboxylic acids is 1. The molecule has 3 nitrogen and oxygen atoms in total. The Bertz CT molecular complexity index is 250. The highest BCUT2D eigenvalue weighted by atomic mass is 16.4. The van der Waals surface area contributed by atoms with Crippen LogP contribution in [0.25, 0.3) is 0 Å². The summed E-state index contributed by atoms with van der Waals surface area (Å²) in [6.07, 6.45) is 8.02. The second-order valence-electron chi connectivity index (χ2n) is 5.21. The minimum atomic E-state index is -0.578. The normalized spacial score (nSPS) is 31.4. The Hall–Kier alpha value is -0.570. The summed E-state index contributed by atoms with van der Waals surface area (Å²) in [6.45, 7) is 3.18. The first-order valence-corrected chi connectivity index (χ1v) is 6.72. The van der Waals surface area contributed by atoms with Crippen LogP contribution in [0, 0.1) is 5.92 Å². The van der Waals surface area contributed by atoms with Crippen molar-refractivity contribution in [3.63, 3.8) is 0 Å². The van der Waals surface area contributed by atoms with E-state index in [1.165, 1.54) is 25.7 Å². The van der Waals surface area contributed by atoms with Crippen LogP contribution in [-0.4, -0.2) is 34.6 Å². The number of hydrogen-bond donors (Lipinski definition) is 1. The molecule has 1 N–H and O–H groups in total. The van der Waals surface area contributed by atoms with Gasteiger partial charge in [-0.15, -0.1) is 0 Å². The standard InChI is InChI=1S/C13H23NO2/c1-2-14(10-8-9-10)12-7-5-3-4-6-11(12)13(15)16/h10-12H,2-9H2,1H3,(H,15,16). The zero-order valence-electron chi connectivity index (χ0n) is 10.2. The zero-order chi connectivity index (χ0) is 11.5. The molecule has 92 valence electrons. The highest BCUT2D eigenvalue weighted by Gasteiger charge is 2.39. The third kappa shape index (κ3) is 2.57. The van der Waals surface area contributed by atoms with Crippen LogP contribution in [0.2, 0.25) is 0 Å². The molecule has 0 aliphatic heterocycles. The van der Waals surface area contributed by atoms with Crippen LogP contribution in [0.1, 0.15) is 51.9 Å².